The van der Waals surface area contributed by atoms with E-state index in [0.717, 1.165) is 32.4 Å². The van der Waals surface area contributed by atoms with Crippen LogP contribution in [0.4, 0.5) is 0 Å². The molecule has 25 heavy (non-hydrogen) atoms. The maximum absolute atomic E-state index is 6.36. The van der Waals surface area contributed by atoms with Gasteiger partial charge in [0, 0.05) is 24.8 Å². The molecule has 0 aromatic carbocycles. The normalized spacial score (nSPS) is 51.8. The highest BCUT2D eigenvalue weighted by Gasteiger charge is 2.69. The first kappa shape index (κ1) is 18.1. The van der Waals surface area contributed by atoms with Crippen LogP contribution in [0.25, 0.3) is 0 Å². The second-order valence-electron chi connectivity index (χ2n) is 8.50. The van der Waals surface area contributed by atoms with E-state index < -0.39 is 17.7 Å². The third-order valence-electron chi connectivity index (χ3n) is 6.91. The zero-order valence-corrected chi connectivity index (χ0v) is 16.0. The largest absolute Gasteiger partial charge is 0.351 e. The molecule has 8 atom stereocenters. The summed E-state index contributed by atoms with van der Waals surface area (Å²) in [5.74, 6) is 0.868. The fourth-order valence-corrected chi connectivity index (χ4v) is 5.49. The first-order chi connectivity index (χ1) is 12.0. The second-order valence-corrected chi connectivity index (χ2v) is 8.50. The molecule has 0 radical (unpaired) electrons. The van der Waals surface area contributed by atoms with Gasteiger partial charge in [-0.25, -0.2) is 9.78 Å². The molecule has 0 amide bonds. The van der Waals surface area contributed by atoms with Gasteiger partial charge in [-0.3, -0.25) is 0 Å². The van der Waals surface area contributed by atoms with Crippen molar-refractivity contribution in [2.75, 3.05) is 19.7 Å². The van der Waals surface area contributed by atoms with Gasteiger partial charge in [0.15, 0.2) is 18.2 Å². The highest BCUT2D eigenvalue weighted by Crippen LogP contribution is 2.60. The molecule has 2 bridgehead atoms. The van der Waals surface area contributed by atoms with Gasteiger partial charge in [0.1, 0.15) is 0 Å². The molecule has 144 valence electrons. The number of hydrogen-bond acceptors (Lipinski definition) is 6. The predicted molar refractivity (Wildman–Crippen MR) is 91.3 cm³/mol. The van der Waals surface area contributed by atoms with Crippen molar-refractivity contribution in [1.82, 2.24) is 5.32 Å². The second kappa shape index (κ2) is 6.73. The molecule has 4 saturated heterocycles. The van der Waals surface area contributed by atoms with Crippen LogP contribution in [0.2, 0.25) is 0 Å². The summed E-state index contributed by atoms with van der Waals surface area (Å²) in [5, 5.41) is 3.29. The van der Waals surface area contributed by atoms with Crippen molar-refractivity contribution >= 4 is 0 Å². The summed E-state index contributed by atoms with van der Waals surface area (Å²) in [6.07, 6.45) is 3.57. The van der Waals surface area contributed by atoms with Gasteiger partial charge >= 0.3 is 0 Å². The van der Waals surface area contributed by atoms with Crippen LogP contribution >= 0.6 is 0 Å². The quantitative estimate of drug-likeness (QED) is 0.604. The van der Waals surface area contributed by atoms with Crippen LogP contribution in [0.3, 0.4) is 0 Å². The molecule has 4 heterocycles. The maximum atomic E-state index is 6.36. The van der Waals surface area contributed by atoms with Crippen molar-refractivity contribution in [3.05, 3.63) is 0 Å². The molecular weight excluding hydrogens is 322 g/mol. The summed E-state index contributed by atoms with van der Waals surface area (Å²) in [6.45, 7) is 11.0. The molecule has 0 aromatic heterocycles. The van der Waals surface area contributed by atoms with E-state index in [-0.39, 0.29) is 12.2 Å². The first-order valence-electron chi connectivity index (χ1n) is 10.0. The fourth-order valence-electron chi connectivity index (χ4n) is 5.49. The Morgan fingerprint density at radius 2 is 1.96 bits per heavy atom. The minimum absolute atomic E-state index is 0.250. The molecule has 5 aliphatic rings. The summed E-state index contributed by atoms with van der Waals surface area (Å²) in [6, 6.07) is 0. The summed E-state index contributed by atoms with van der Waals surface area (Å²) >= 11 is 0. The Hall–Kier alpha value is -0.240. The van der Waals surface area contributed by atoms with E-state index in [1.165, 1.54) is 6.42 Å². The van der Waals surface area contributed by atoms with Gasteiger partial charge in [-0.1, -0.05) is 20.8 Å². The van der Waals surface area contributed by atoms with E-state index in [2.05, 4.69) is 26.1 Å². The SMILES string of the molecule is CCNCCO[C@H]1O[C@@H]2O[C@@]3(C)CCC4[C@H](C)CCC([C@H]1C)[C@]42OO3. The molecule has 5 fully saturated rings. The van der Waals surface area contributed by atoms with Crippen LogP contribution in [0.15, 0.2) is 0 Å². The van der Waals surface area contributed by atoms with Gasteiger partial charge in [-0.2, -0.15) is 0 Å². The van der Waals surface area contributed by atoms with Crippen molar-refractivity contribution in [2.45, 2.75) is 77.3 Å². The Balaban J connectivity index is 1.58. The molecule has 6 nitrogen and oxygen atoms in total. The summed E-state index contributed by atoms with van der Waals surface area (Å²) < 4.78 is 18.8. The molecule has 2 unspecified atom stereocenters. The Labute approximate surface area is 150 Å². The van der Waals surface area contributed by atoms with E-state index in [9.17, 15) is 0 Å². The Bertz CT molecular complexity index is 490. The number of likely N-dealkylation sites (N-methyl/N-ethyl adjacent to an activating group) is 1. The van der Waals surface area contributed by atoms with Crippen molar-refractivity contribution in [1.29, 1.82) is 0 Å². The Morgan fingerprint density at radius 3 is 2.76 bits per heavy atom. The molecule has 0 aromatic rings. The number of ether oxygens (including phenoxy) is 3. The third-order valence-corrected chi connectivity index (χ3v) is 6.91. The monoisotopic (exact) mass is 355 g/mol. The topological polar surface area (TPSA) is 58.2 Å². The zero-order chi connectivity index (χ0) is 17.7. The van der Waals surface area contributed by atoms with E-state index in [4.69, 9.17) is 24.0 Å². The van der Waals surface area contributed by atoms with Crippen molar-refractivity contribution in [3.8, 4) is 0 Å². The number of fused-ring (bicyclic) bond motifs is 2. The minimum atomic E-state index is -0.716. The van der Waals surface area contributed by atoms with Crippen LogP contribution in [0.5, 0.6) is 0 Å². The molecule has 1 N–H and O–H groups in total. The summed E-state index contributed by atoms with van der Waals surface area (Å²) in [4.78, 5) is 12.0. The standard InChI is InChI=1S/C19H33NO5/c1-5-20-10-11-21-16-13(3)15-7-6-12(2)14-8-9-18(4)23-17(22-16)19(14,15)25-24-18/h12-17,20H,5-11H2,1-4H3/t12-,13-,14?,15?,16+,17-,18-,19-/m1/s1. The van der Waals surface area contributed by atoms with Gasteiger partial charge < -0.3 is 19.5 Å². The summed E-state index contributed by atoms with van der Waals surface area (Å²) in [7, 11) is 0. The highest BCUT2D eigenvalue weighted by molar-refractivity contribution is 5.09. The summed E-state index contributed by atoms with van der Waals surface area (Å²) in [5.41, 5.74) is -0.491. The lowest BCUT2D eigenvalue weighted by Gasteiger charge is -2.60. The van der Waals surface area contributed by atoms with E-state index >= 15 is 0 Å². The van der Waals surface area contributed by atoms with Crippen molar-refractivity contribution in [2.24, 2.45) is 23.7 Å². The van der Waals surface area contributed by atoms with Gasteiger partial charge in [0.05, 0.1) is 6.61 Å². The lowest BCUT2D eigenvalue weighted by atomic mass is 9.58. The van der Waals surface area contributed by atoms with E-state index in [1.54, 1.807) is 0 Å². The van der Waals surface area contributed by atoms with E-state index in [1.807, 2.05) is 6.92 Å². The molecular formula is C19H33NO5. The van der Waals surface area contributed by atoms with Crippen molar-refractivity contribution < 1.29 is 24.0 Å². The van der Waals surface area contributed by atoms with Gasteiger partial charge in [0.2, 0.25) is 5.79 Å². The highest BCUT2D eigenvalue weighted by atomic mass is 17.3. The number of rotatable bonds is 5. The minimum Gasteiger partial charge on any atom is -0.351 e. The molecule has 5 rings (SSSR count). The average Bonchev–Trinajstić information content (AvgIpc) is 2.82. The molecule has 6 heteroatoms. The fraction of sp³-hybridized carbons (Fsp3) is 1.00. The third kappa shape index (κ3) is 2.86. The van der Waals surface area contributed by atoms with E-state index in [0.29, 0.717) is 24.4 Å². The van der Waals surface area contributed by atoms with Gasteiger partial charge in [-0.05, 0) is 44.6 Å². The number of nitrogens with one attached hydrogen (secondary N) is 1. The van der Waals surface area contributed by atoms with Crippen LogP contribution in [-0.2, 0) is 24.0 Å². The molecule has 4 aliphatic heterocycles. The van der Waals surface area contributed by atoms with Crippen LogP contribution in [0.1, 0.15) is 53.4 Å². The predicted octanol–water partition coefficient (Wildman–Crippen LogP) is 2.82. The van der Waals surface area contributed by atoms with Crippen LogP contribution in [0, 0.1) is 23.7 Å². The average molecular weight is 355 g/mol. The van der Waals surface area contributed by atoms with Crippen LogP contribution in [-0.4, -0.2) is 43.7 Å². The maximum Gasteiger partial charge on any atom is 0.201 e. The number of hydrogen-bond donors (Lipinski definition) is 1. The molecule has 1 saturated carbocycles. The first-order valence-corrected chi connectivity index (χ1v) is 10.0. The van der Waals surface area contributed by atoms with Gasteiger partial charge in [-0.15, -0.1) is 0 Å². The Morgan fingerprint density at radius 1 is 1.12 bits per heavy atom. The zero-order valence-electron chi connectivity index (χ0n) is 16.0. The van der Waals surface area contributed by atoms with Crippen molar-refractivity contribution in [3.63, 3.8) is 0 Å². The lowest BCUT2D eigenvalue weighted by Crippen LogP contribution is -2.70. The lowest BCUT2D eigenvalue weighted by molar-refractivity contribution is -0.577. The Kier molecular flexibility index (Phi) is 4.88. The molecule has 1 aliphatic carbocycles. The molecule has 1 spiro atoms. The van der Waals surface area contributed by atoms with Gasteiger partial charge in [0.25, 0.3) is 0 Å². The van der Waals surface area contributed by atoms with Crippen LogP contribution < -0.4 is 5.32 Å². The smallest absolute Gasteiger partial charge is 0.201 e.